The Balaban J connectivity index is 2.31. The van der Waals surface area contributed by atoms with Gasteiger partial charge in [-0.05, 0) is 39.0 Å². The highest BCUT2D eigenvalue weighted by molar-refractivity contribution is 5.05. The maximum absolute atomic E-state index is 9.06. The first-order valence-electron chi connectivity index (χ1n) is 4.15. The number of aliphatic hydroxyl groups excluding tert-OH is 1. The second-order valence-electron chi connectivity index (χ2n) is 3.16. The third kappa shape index (κ3) is 2.53. The van der Waals surface area contributed by atoms with Crippen LogP contribution in [-0.4, -0.2) is 11.2 Å². The largest absolute Gasteiger partial charge is 0.393 e. The van der Waals surface area contributed by atoms with Crippen molar-refractivity contribution in [3.05, 3.63) is 11.6 Å². The minimum atomic E-state index is -0.149. The summed E-state index contributed by atoms with van der Waals surface area (Å²) in [6.45, 7) is 1.86. The highest BCUT2D eigenvalue weighted by Gasteiger charge is 2.05. The van der Waals surface area contributed by atoms with Crippen LogP contribution < -0.4 is 0 Å². The Morgan fingerprint density at radius 1 is 1.60 bits per heavy atom. The summed E-state index contributed by atoms with van der Waals surface area (Å²) in [6.07, 6.45) is 8.12. The fourth-order valence-electron chi connectivity index (χ4n) is 1.47. The van der Waals surface area contributed by atoms with E-state index in [1.165, 1.54) is 31.3 Å². The maximum Gasteiger partial charge on any atom is 0.0549 e. The number of aliphatic hydroxyl groups is 1. The molecule has 0 amide bonds. The number of allylic oxidation sites excluding steroid dienone is 1. The first-order valence-corrected chi connectivity index (χ1v) is 4.15. The first-order chi connectivity index (χ1) is 4.79. The molecule has 0 unspecified atom stereocenters. The molecule has 1 N–H and O–H groups in total. The van der Waals surface area contributed by atoms with Crippen LogP contribution in [0.15, 0.2) is 11.6 Å². The fraction of sp³-hybridized carbons (Fsp3) is 0.778. The van der Waals surface area contributed by atoms with Gasteiger partial charge in [-0.2, -0.15) is 0 Å². The summed E-state index contributed by atoms with van der Waals surface area (Å²) in [6, 6.07) is 0. The van der Waals surface area contributed by atoms with Crippen LogP contribution in [0.4, 0.5) is 0 Å². The quantitative estimate of drug-likeness (QED) is 0.583. The molecule has 0 radical (unpaired) electrons. The Morgan fingerprint density at radius 2 is 2.40 bits per heavy atom. The van der Waals surface area contributed by atoms with E-state index in [1.807, 2.05) is 6.92 Å². The summed E-state index contributed by atoms with van der Waals surface area (Å²) >= 11 is 0. The van der Waals surface area contributed by atoms with E-state index in [2.05, 4.69) is 6.08 Å². The zero-order valence-corrected chi connectivity index (χ0v) is 6.64. The molecule has 0 saturated heterocycles. The van der Waals surface area contributed by atoms with Crippen LogP contribution in [0.3, 0.4) is 0 Å². The van der Waals surface area contributed by atoms with Crippen molar-refractivity contribution in [3.8, 4) is 0 Å². The molecule has 0 aliphatic heterocycles. The van der Waals surface area contributed by atoms with Gasteiger partial charge >= 0.3 is 0 Å². The van der Waals surface area contributed by atoms with Crippen LogP contribution in [0.1, 0.15) is 39.0 Å². The predicted octanol–water partition coefficient (Wildman–Crippen LogP) is 2.26. The lowest BCUT2D eigenvalue weighted by Crippen LogP contribution is -2.03. The summed E-state index contributed by atoms with van der Waals surface area (Å²) in [5.74, 6) is 0. The van der Waals surface area contributed by atoms with Crippen LogP contribution in [0, 0.1) is 0 Å². The van der Waals surface area contributed by atoms with Gasteiger partial charge in [0.25, 0.3) is 0 Å². The molecular weight excluding hydrogens is 124 g/mol. The van der Waals surface area contributed by atoms with E-state index in [0.29, 0.717) is 0 Å². The second kappa shape index (κ2) is 3.77. The van der Waals surface area contributed by atoms with Crippen LogP contribution in [-0.2, 0) is 0 Å². The van der Waals surface area contributed by atoms with E-state index in [-0.39, 0.29) is 6.10 Å². The van der Waals surface area contributed by atoms with E-state index in [9.17, 15) is 0 Å². The molecule has 1 aliphatic rings. The van der Waals surface area contributed by atoms with Crippen LogP contribution in [0.25, 0.3) is 0 Å². The Labute approximate surface area is 62.8 Å². The van der Waals surface area contributed by atoms with Gasteiger partial charge in [0, 0.05) is 0 Å². The molecule has 1 heteroatoms. The monoisotopic (exact) mass is 140 g/mol. The SMILES string of the molecule is C[C@@H](O)CC1=CCCCC1. The van der Waals surface area contributed by atoms with Gasteiger partial charge < -0.3 is 5.11 Å². The predicted molar refractivity (Wildman–Crippen MR) is 42.8 cm³/mol. The lowest BCUT2D eigenvalue weighted by atomic mass is 9.96. The van der Waals surface area contributed by atoms with E-state index in [0.717, 1.165) is 6.42 Å². The highest BCUT2D eigenvalue weighted by Crippen LogP contribution is 2.20. The molecular formula is C9H16O. The topological polar surface area (TPSA) is 20.2 Å². The summed E-state index contributed by atoms with van der Waals surface area (Å²) in [4.78, 5) is 0. The van der Waals surface area contributed by atoms with Crippen molar-refractivity contribution in [1.82, 2.24) is 0 Å². The van der Waals surface area contributed by atoms with Crippen LogP contribution >= 0.6 is 0 Å². The molecule has 1 atom stereocenters. The molecule has 0 aromatic rings. The van der Waals surface area contributed by atoms with Crippen LogP contribution in [0.2, 0.25) is 0 Å². The molecule has 58 valence electrons. The molecule has 0 bridgehead atoms. The number of hydrogen-bond donors (Lipinski definition) is 1. The van der Waals surface area contributed by atoms with Gasteiger partial charge in [0.2, 0.25) is 0 Å². The third-order valence-electron chi connectivity index (χ3n) is 1.94. The zero-order valence-electron chi connectivity index (χ0n) is 6.64. The molecule has 0 heterocycles. The first kappa shape index (κ1) is 7.80. The van der Waals surface area contributed by atoms with Crippen molar-refractivity contribution in [1.29, 1.82) is 0 Å². The highest BCUT2D eigenvalue weighted by atomic mass is 16.3. The number of hydrogen-bond acceptors (Lipinski definition) is 1. The van der Waals surface area contributed by atoms with Gasteiger partial charge in [-0.3, -0.25) is 0 Å². The van der Waals surface area contributed by atoms with Crippen molar-refractivity contribution in [2.24, 2.45) is 0 Å². The summed E-state index contributed by atoms with van der Waals surface area (Å²) < 4.78 is 0. The Hall–Kier alpha value is -0.300. The molecule has 10 heavy (non-hydrogen) atoms. The van der Waals surface area contributed by atoms with Gasteiger partial charge in [-0.1, -0.05) is 11.6 Å². The molecule has 0 aromatic heterocycles. The Morgan fingerprint density at radius 3 is 2.90 bits per heavy atom. The standard InChI is InChI=1S/C9H16O/c1-8(10)7-9-5-3-2-4-6-9/h5,8,10H,2-4,6-7H2,1H3/t8-/m1/s1. The van der Waals surface area contributed by atoms with Crippen molar-refractivity contribution in [2.45, 2.75) is 45.1 Å². The normalized spacial score (nSPS) is 22.0. The maximum atomic E-state index is 9.06. The van der Waals surface area contributed by atoms with Crippen molar-refractivity contribution >= 4 is 0 Å². The van der Waals surface area contributed by atoms with Crippen molar-refractivity contribution in [2.75, 3.05) is 0 Å². The molecule has 0 aromatic carbocycles. The molecule has 0 fully saturated rings. The molecule has 1 aliphatic carbocycles. The van der Waals surface area contributed by atoms with Gasteiger partial charge in [0.05, 0.1) is 6.10 Å². The Kier molecular flexibility index (Phi) is 2.94. The molecule has 0 saturated carbocycles. The van der Waals surface area contributed by atoms with Crippen molar-refractivity contribution in [3.63, 3.8) is 0 Å². The molecule has 0 spiro atoms. The van der Waals surface area contributed by atoms with E-state index < -0.39 is 0 Å². The Bertz CT molecular complexity index is 125. The van der Waals surface area contributed by atoms with Gasteiger partial charge in [-0.15, -0.1) is 0 Å². The lowest BCUT2D eigenvalue weighted by Gasteiger charge is -2.13. The van der Waals surface area contributed by atoms with E-state index in [4.69, 9.17) is 5.11 Å². The van der Waals surface area contributed by atoms with E-state index in [1.54, 1.807) is 0 Å². The minimum absolute atomic E-state index is 0.149. The lowest BCUT2D eigenvalue weighted by molar-refractivity contribution is 0.193. The van der Waals surface area contributed by atoms with Crippen LogP contribution in [0.5, 0.6) is 0 Å². The fourth-order valence-corrected chi connectivity index (χ4v) is 1.47. The minimum Gasteiger partial charge on any atom is -0.393 e. The number of rotatable bonds is 2. The van der Waals surface area contributed by atoms with Gasteiger partial charge in [0.1, 0.15) is 0 Å². The second-order valence-corrected chi connectivity index (χ2v) is 3.16. The van der Waals surface area contributed by atoms with E-state index >= 15 is 0 Å². The molecule has 1 rings (SSSR count). The zero-order chi connectivity index (χ0) is 7.40. The van der Waals surface area contributed by atoms with Gasteiger partial charge in [0.15, 0.2) is 0 Å². The van der Waals surface area contributed by atoms with Gasteiger partial charge in [-0.25, -0.2) is 0 Å². The van der Waals surface area contributed by atoms with Crippen molar-refractivity contribution < 1.29 is 5.11 Å². The average molecular weight is 140 g/mol. The average Bonchev–Trinajstić information content (AvgIpc) is 1.88. The summed E-state index contributed by atoms with van der Waals surface area (Å²) in [5, 5.41) is 9.06. The molecule has 1 nitrogen and oxygen atoms in total. The summed E-state index contributed by atoms with van der Waals surface area (Å²) in [7, 11) is 0. The third-order valence-corrected chi connectivity index (χ3v) is 1.94. The smallest absolute Gasteiger partial charge is 0.0549 e. The summed E-state index contributed by atoms with van der Waals surface area (Å²) in [5.41, 5.74) is 1.46.